The lowest BCUT2D eigenvalue weighted by Crippen LogP contribution is -2.31. The van der Waals surface area contributed by atoms with Crippen molar-refractivity contribution in [2.75, 3.05) is 0 Å². The molecule has 24 heavy (non-hydrogen) atoms. The first-order valence-electron chi connectivity index (χ1n) is 8.49. The van der Waals surface area contributed by atoms with Crippen LogP contribution in [0.4, 0.5) is 0 Å². The summed E-state index contributed by atoms with van der Waals surface area (Å²) in [4.78, 5) is 19.9. The van der Waals surface area contributed by atoms with Crippen LogP contribution in [0.25, 0.3) is 22.4 Å². The Balaban J connectivity index is 1.71. The van der Waals surface area contributed by atoms with Crippen LogP contribution >= 0.6 is 0 Å². The highest BCUT2D eigenvalue weighted by atomic mass is 16.1. The lowest BCUT2D eigenvalue weighted by atomic mass is 10.1. The Bertz CT molecular complexity index is 823. The standard InChI is InChI=1S/C20H23N3O/c1-3-14(2)21-19(24)12-10-15-9-11-17-18(13-15)23-20(22-17)16-7-5-4-6-8-16/h4-9,11,13-14H,3,10,12H2,1-2H3,(H,21,24)(H,22,23)/t14-/m1/s1. The van der Waals surface area contributed by atoms with Crippen molar-refractivity contribution in [1.82, 2.24) is 15.3 Å². The second-order valence-corrected chi connectivity index (χ2v) is 6.18. The van der Waals surface area contributed by atoms with Crippen LogP contribution in [0.2, 0.25) is 0 Å². The monoisotopic (exact) mass is 321 g/mol. The summed E-state index contributed by atoms with van der Waals surface area (Å²) < 4.78 is 0. The zero-order chi connectivity index (χ0) is 16.9. The topological polar surface area (TPSA) is 57.8 Å². The molecule has 4 heteroatoms. The summed E-state index contributed by atoms with van der Waals surface area (Å²) in [5.41, 5.74) is 4.17. The van der Waals surface area contributed by atoms with Gasteiger partial charge in [-0.1, -0.05) is 43.3 Å². The van der Waals surface area contributed by atoms with E-state index >= 15 is 0 Å². The Labute approximate surface area is 142 Å². The van der Waals surface area contributed by atoms with E-state index in [-0.39, 0.29) is 11.9 Å². The zero-order valence-corrected chi connectivity index (χ0v) is 14.2. The number of amides is 1. The SMILES string of the molecule is CC[C@@H](C)NC(=O)CCc1ccc2nc(-c3ccccc3)[nH]c2c1. The predicted octanol–water partition coefficient (Wildman–Crippen LogP) is 4.08. The van der Waals surface area contributed by atoms with E-state index in [1.807, 2.05) is 43.3 Å². The van der Waals surface area contributed by atoms with Gasteiger partial charge >= 0.3 is 0 Å². The third-order valence-corrected chi connectivity index (χ3v) is 4.25. The average molecular weight is 321 g/mol. The number of aromatic nitrogens is 2. The van der Waals surface area contributed by atoms with Crippen LogP contribution in [0.5, 0.6) is 0 Å². The average Bonchev–Trinajstić information content (AvgIpc) is 3.04. The quantitative estimate of drug-likeness (QED) is 0.719. The third kappa shape index (κ3) is 3.82. The van der Waals surface area contributed by atoms with Crippen LogP contribution in [-0.4, -0.2) is 21.9 Å². The van der Waals surface area contributed by atoms with Crippen molar-refractivity contribution in [1.29, 1.82) is 0 Å². The van der Waals surface area contributed by atoms with Gasteiger partial charge in [0.15, 0.2) is 0 Å². The molecule has 0 radical (unpaired) electrons. The summed E-state index contributed by atoms with van der Waals surface area (Å²) in [6.45, 7) is 4.10. The van der Waals surface area contributed by atoms with Gasteiger partial charge in [-0.3, -0.25) is 4.79 Å². The van der Waals surface area contributed by atoms with Crippen molar-refractivity contribution in [3.63, 3.8) is 0 Å². The van der Waals surface area contributed by atoms with Gasteiger partial charge in [-0.15, -0.1) is 0 Å². The van der Waals surface area contributed by atoms with Gasteiger partial charge in [0, 0.05) is 18.0 Å². The smallest absolute Gasteiger partial charge is 0.220 e. The molecule has 0 aliphatic heterocycles. The fourth-order valence-electron chi connectivity index (χ4n) is 2.65. The van der Waals surface area contributed by atoms with Crippen molar-refractivity contribution in [2.45, 2.75) is 39.2 Å². The van der Waals surface area contributed by atoms with Crippen LogP contribution in [0.1, 0.15) is 32.3 Å². The largest absolute Gasteiger partial charge is 0.354 e. The number of aromatic amines is 1. The molecule has 0 fully saturated rings. The summed E-state index contributed by atoms with van der Waals surface area (Å²) in [5, 5.41) is 3.00. The van der Waals surface area contributed by atoms with Gasteiger partial charge in [-0.2, -0.15) is 0 Å². The fraction of sp³-hybridized carbons (Fsp3) is 0.300. The molecule has 1 atom stereocenters. The predicted molar refractivity (Wildman–Crippen MR) is 97.7 cm³/mol. The van der Waals surface area contributed by atoms with E-state index in [9.17, 15) is 4.79 Å². The van der Waals surface area contributed by atoms with Crippen molar-refractivity contribution >= 4 is 16.9 Å². The highest BCUT2D eigenvalue weighted by Gasteiger charge is 2.08. The molecule has 1 heterocycles. The number of fused-ring (bicyclic) bond motifs is 1. The molecule has 0 bridgehead atoms. The molecule has 0 saturated heterocycles. The second kappa shape index (κ2) is 7.30. The van der Waals surface area contributed by atoms with Gasteiger partial charge in [0.2, 0.25) is 5.91 Å². The number of benzene rings is 2. The lowest BCUT2D eigenvalue weighted by Gasteiger charge is -2.11. The van der Waals surface area contributed by atoms with Gasteiger partial charge in [-0.25, -0.2) is 4.98 Å². The number of nitrogens with one attached hydrogen (secondary N) is 2. The molecule has 0 unspecified atom stereocenters. The number of carbonyl (C=O) groups is 1. The number of hydrogen-bond acceptors (Lipinski definition) is 2. The maximum Gasteiger partial charge on any atom is 0.220 e. The Morgan fingerprint density at radius 2 is 2.00 bits per heavy atom. The van der Waals surface area contributed by atoms with Crippen LogP contribution in [-0.2, 0) is 11.2 Å². The van der Waals surface area contributed by atoms with Gasteiger partial charge in [0.05, 0.1) is 11.0 Å². The van der Waals surface area contributed by atoms with E-state index in [2.05, 4.69) is 34.3 Å². The number of aryl methyl sites for hydroxylation is 1. The van der Waals surface area contributed by atoms with Gasteiger partial charge in [0.1, 0.15) is 5.82 Å². The van der Waals surface area contributed by atoms with Crippen LogP contribution in [0.15, 0.2) is 48.5 Å². The fourth-order valence-corrected chi connectivity index (χ4v) is 2.65. The molecule has 1 aromatic heterocycles. The Hall–Kier alpha value is -2.62. The van der Waals surface area contributed by atoms with Crippen molar-refractivity contribution in [3.05, 3.63) is 54.1 Å². The first kappa shape index (κ1) is 16.2. The van der Waals surface area contributed by atoms with Crippen molar-refractivity contribution in [2.24, 2.45) is 0 Å². The molecular weight excluding hydrogens is 298 g/mol. The van der Waals surface area contributed by atoms with Crippen molar-refractivity contribution in [3.8, 4) is 11.4 Å². The normalized spacial score (nSPS) is 12.2. The summed E-state index contributed by atoms with van der Waals surface area (Å²) >= 11 is 0. The summed E-state index contributed by atoms with van der Waals surface area (Å²) in [6.07, 6.45) is 2.20. The minimum absolute atomic E-state index is 0.110. The number of carbonyl (C=O) groups excluding carboxylic acids is 1. The number of rotatable bonds is 6. The van der Waals surface area contributed by atoms with E-state index in [1.54, 1.807) is 0 Å². The molecule has 0 saturated carbocycles. The highest BCUT2D eigenvalue weighted by molar-refractivity contribution is 5.80. The molecule has 2 N–H and O–H groups in total. The molecule has 3 aromatic rings. The molecule has 2 aromatic carbocycles. The number of imidazole rings is 1. The Kier molecular flexibility index (Phi) is 4.94. The van der Waals surface area contributed by atoms with Gasteiger partial charge < -0.3 is 10.3 Å². The van der Waals surface area contributed by atoms with E-state index in [0.29, 0.717) is 6.42 Å². The molecule has 124 valence electrons. The molecule has 0 aliphatic rings. The minimum Gasteiger partial charge on any atom is -0.354 e. The first-order valence-corrected chi connectivity index (χ1v) is 8.49. The van der Waals surface area contributed by atoms with Gasteiger partial charge in [0.25, 0.3) is 0 Å². The van der Waals surface area contributed by atoms with E-state index in [4.69, 9.17) is 0 Å². The number of hydrogen-bond donors (Lipinski definition) is 2. The third-order valence-electron chi connectivity index (χ3n) is 4.25. The van der Waals surface area contributed by atoms with Crippen LogP contribution in [0, 0.1) is 0 Å². The maximum absolute atomic E-state index is 11.9. The minimum atomic E-state index is 0.110. The van der Waals surface area contributed by atoms with E-state index in [0.717, 1.165) is 40.8 Å². The maximum atomic E-state index is 11.9. The summed E-state index contributed by atoms with van der Waals surface area (Å²) in [5.74, 6) is 0.983. The lowest BCUT2D eigenvalue weighted by molar-refractivity contribution is -0.121. The Morgan fingerprint density at radius 3 is 2.75 bits per heavy atom. The van der Waals surface area contributed by atoms with E-state index in [1.165, 1.54) is 0 Å². The number of H-pyrrole nitrogens is 1. The molecule has 1 amide bonds. The summed E-state index contributed by atoms with van der Waals surface area (Å²) in [7, 11) is 0. The second-order valence-electron chi connectivity index (χ2n) is 6.18. The van der Waals surface area contributed by atoms with Crippen LogP contribution < -0.4 is 5.32 Å². The van der Waals surface area contributed by atoms with Gasteiger partial charge in [-0.05, 0) is 37.5 Å². The molecule has 3 rings (SSSR count). The zero-order valence-electron chi connectivity index (χ0n) is 14.2. The number of nitrogens with zero attached hydrogens (tertiary/aromatic N) is 1. The highest BCUT2D eigenvalue weighted by Crippen LogP contribution is 2.21. The molecular formula is C20H23N3O. The van der Waals surface area contributed by atoms with E-state index < -0.39 is 0 Å². The molecule has 0 aliphatic carbocycles. The summed E-state index contributed by atoms with van der Waals surface area (Å²) in [6, 6.07) is 16.5. The molecule has 0 spiro atoms. The van der Waals surface area contributed by atoms with Crippen molar-refractivity contribution < 1.29 is 4.79 Å². The first-order chi connectivity index (χ1) is 11.7. The molecule has 4 nitrogen and oxygen atoms in total. The van der Waals surface area contributed by atoms with Crippen LogP contribution in [0.3, 0.4) is 0 Å². The Morgan fingerprint density at radius 1 is 1.21 bits per heavy atom.